The minimum absolute atomic E-state index is 0.144. The van der Waals surface area contributed by atoms with Crippen molar-refractivity contribution < 1.29 is 13.2 Å². The van der Waals surface area contributed by atoms with Crippen molar-refractivity contribution in [3.63, 3.8) is 0 Å². The minimum atomic E-state index is -4.38. The maximum absolute atomic E-state index is 13.2. The number of alkyl halides is 3. The molecule has 3 nitrogen and oxygen atoms in total. The van der Waals surface area contributed by atoms with Gasteiger partial charge in [-0.05, 0) is 37.7 Å². The van der Waals surface area contributed by atoms with Crippen molar-refractivity contribution in [1.29, 1.82) is 0 Å². The fourth-order valence-corrected chi connectivity index (χ4v) is 3.06. The molecule has 1 aliphatic heterocycles. The average Bonchev–Trinajstić information content (AvgIpc) is 2.88. The van der Waals surface area contributed by atoms with E-state index in [2.05, 4.69) is 18.7 Å². The van der Waals surface area contributed by atoms with E-state index in [9.17, 15) is 13.2 Å². The highest BCUT2D eigenvalue weighted by atomic mass is 19.4. The highest BCUT2D eigenvalue weighted by Crippen LogP contribution is 2.39. The molecule has 118 valence electrons. The van der Waals surface area contributed by atoms with Crippen molar-refractivity contribution in [2.24, 2.45) is 0 Å². The van der Waals surface area contributed by atoms with E-state index in [1.807, 2.05) is 4.90 Å². The van der Waals surface area contributed by atoms with Gasteiger partial charge in [0.25, 0.3) is 0 Å². The van der Waals surface area contributed by atoms with E-state index < -0.39 is 11.7 Å². The third kappa shape index (κ3) is 3.43. The number of nitrogens with zero attached hydrogens (tertiary/aromatic N) is 2. The third-order valence-electron chi connectivity index (χ3n) is 4.16. The molecule has 1 saturated heterocycles. The molecule has 0 aliphatic carbocycles. The van der Waals surface area contributed by atoms with E-state index in [1.54, 1.807) is 0 Å². The lowest BCUT2D eigenvalue weighted by Gasteiger charge is -2.27. The Morgan fingerprint density at radius 1 is 1.29 bits per heavy atom. The van der Waals surface area contributed by atoms with Gasteiger partial charge in [-0.3, -0.25) is 4.90 Å². The van der Waals surface area contributed by atoms with Gasteiger partial charge in [0.2, 0.25) is 0 Å². The van der Waals surface area contributed by atoms with E-state index in [-0.39, 0.29) is 11.4 Å². The van der Waals surface area contributed by atoms with E-state index in [4.69, 9.17) is 5.73 Å². The number of nitrogen functional groups attached to an aromatic ring is 1. The zero-order valence-corrected chi connectivity index (χ0v) is 12.5. The molecule has 1 atom stereocenters. The van der Waals surface area contributed by atoms with E-state index in [1.165, 1.54) is 12.1 Å². The van der Waals surface area contributed by atoms with E-state index in [0.717, 1.165) is 25.6 Å². The quantitative estimate of drug-likeness (QED) is 0.867. The van der Waals surface area contributed by atoms with Crippen LogP contribution in [-0.2, 0) is 6.18 Å². The fraction of sp³-hybridized carbons (Fsp3) is 0.600. The Hall–Kier alpha value is -1.43. The first-order valence-electron chi connectivity index (χ1n) is 7.32. The first kappa shape index (κ1) is 15.9. The van der Waals surface area contributed by atoms with Crippen LogP contribution in [0.15, 0.2) is 18.2 Å². The second kappa shape index (κ2) is 6.13. The van der Waals surface area contributed by atoms with Crippen molar-refractivity contribution in [2.45, 2.75) is 32.5 Å². The van der Waals surface area contributed by atoms with Crippen LogP contribution >= 0.6 is 0 Å². The van der Waals surface area contributed by atoms with Crippen LogP contribution in [0.2, 0.25) is 0 Å². The number of anilines is 2. The van der Waals surface area contributed by atoms with Gasteiger partial charge in [-0.15, -0.1) is 0 Å². The van der Waals surface area contributed by atoms with Gasteiger partial charge in [0, 0.05) is 30.5 Å². The standard InChI is InChI=1S/C15H22F3N3/c1-3-20(4-2)12-7-8-21(10-12)14-6-5-11(19)9-13(14)15(16,17)18/h5-6,9,12H,3-4,7-8,10,19H2,1-2H3. The second-order valence-electron chi connectivity index (χ2n) is 5.38. The SMILES string of the molecule is CCN(CC)C1CCN(c2ccc(N)cc2C(F)(F)F)C1. The van der Waals surface area contributed by atoms with Gasteiger partial charge in [0.05, 0.1) is 5.56 Å². The number of hydrogen-bond donors (Lipinski definition) is 1. The van der Waals surface area contributed by atoms with Crippen molar-refractivity contribution in [2.75, 3.05) is 36.8 Å². The van der Waals surface area contributed by atoms with Gasteiger partial charge in [-0.25, -0.2) is 0 Å². The Balaban J connectivity index is 2.24. The molecule has 2 rings (SSSR count). The molecule has 1 fully saturated rings. The minimum Gasteiger partial charge on any atom is -0.399 e. The molecule has 0 saturated carbocycles. The predicted molar refractivity (Wildman–Crippen MR) is 79.4 cm³/mol. The van der Waals surface area contributed by atoms with Crippen LogP contribution < -0.4 is 10.6 Å². The second-order valence-corrected chi connectivity index (χ2v) is 5.38. The summed E-state index contributed by atoms with van der Waals surface area (Å²) >= 11 is 0. The van der Waals surface area contributed by atoms with Crippen LogP contribution in [0.1, 0.15) is 25.8 Å². The van der Waals surface area contributed by atoms with Crippen molar-refractivity contribution in [3.8, 4) is 0 Å². The van der Waals surface area contributed by atoms with Crippen molar-refractivity contribution in [1.82, 2.24) is 4.90 Å². The summed E-state index contributed by atoms with van der Waals surface area (Å²) in [4.78, 5) is 4.12. The van der Waals surface area contributed by atoms with Crippen molar-refractivity contribution >= 4 is 11.4 Å². The number of halogens is 3. The van der Waals surface area contributed by atoms with Gasteiger partial charge < -0.3 is 10.6 Å². The molecule has 0 spiro atoms. The molecule has 6 heteroatoms. The summed E-state index contributed by atoms with van der Waals surface area (Å²) < 4.78 is 39.5. The smallest absolute Gasteiger partial charge is 0.399 e. The largest absolute Gasteiger partial charge is 0.418 e. The van der Waals surface area contributed by atoms with Crippen LogP contribution in [0.25, 0.3) is 0 Å². The van der Waals surface area contributed by atoms with Gasteiger partial charge in [-0.2, -0.15) is 13.2 Å². The van der Waals surface area contributed by atoms with E-state index >= 15 is 0 Å². The topological polar surface area (TPSA) is 32.5 Å². The lowest BCUT2D eigenvalue weighted by Crippen LogP contribution is -2.37. The van der Waals surface area contributed by atoms with Crippen LogP contribution in [0.4, 0.5) is 24.5 Å². The highest BCUT2D eigenvalue weighted by molar-refractivity contribution is 5.61. The maximum Gasteiger partial charge on any atom is 0.418 e. The average molecular weight is 301 g/mol. The Labute approximate surface area is 123 Å². The van der Waals surface area contributed by atoms with Gasteiger partial charge in [-0.1, -0.05) is 13.8 Å². The Morgan fingerprint density at radius 3 is 2.52 bits per heavy atom. The molecule has 0 amide bonds. The molecule has 0 aromatic heterocycles. The number of rotatable bonds is 4. The summed E-state index contributed by atoms with van der Waals surface area (Å²) in [6.07, 6.45) is -3.48. The first-order chi connectivity index (χ1) is 9.86. The summed E-state index contributed by atoms with van der Waals surface area (Å²) in [5.41, 5.74) is 5.26. The first-order valence-corrected chi connectivity index (χ1v) is 7.32. The molecule has 1 heterocycles. The monoisotopic (exact) mass is 301 g/mol. The summed E-state index contributed by atoms with van der Waals surface area (Å²) in [5.74, 6) is 0. The molecule has 2 N–H and O–H groups in total. The third-order valence-corrected chi connectivity index (χ3v) is 4.16. The van der Waals surface area contributed by atoms with E-state index in [0.29, 0.717) is 19.1 Å². The molecule has 21 heavy (non-hydrogen) atoms. The van der Waals surface area contributed by atoms with Crippen LogP contribution in [-0.4, -0.2) is 37.1 Å². The predicted octanol–water partition coefficient (Wildman–Crippen LogP) is 3.21. The summed E-state index contributed by atoms with van der Waals surface area (Å²) in [6.45, 7) is 7.28. The lowest BCUT2D eigenvalue weighted by atomic mass is 10.1. The molecular weight excluding hydrogens is 279 g/mol. The van der Waals surface area contributed by atoms with Crippen LogP contribution in [0, 0.1) is 0 Å². The molecular formula is C15H22F3N3. The summed E-state index contributed by atoms with van der Waals surface area (Å²) in [6, 6.07) is 4.37. The van der Waals surface area contributed by atoms with Crippen molar-refractivity contribution in [3.05, 3.63) is 23.8 Å². The maximum atomic E-state index is 13.2. The lowest BCUT2D eigenvalue weighted by molar-refractivity contribution is -0.137. The number of hydrogen-bond acceptors (Lipinski definition) is 3. The fourth-order valence-electron chi connectivity index (χ4n) is 3.06. The summed E-state index contributed by atoms with van der Waals surface area (Å²) in [5, 5.41) is 0. The Morgan fingerprint density at radius 2 is 1.95 bits per heavy atom. The van der Waals surface area contributed by atoms with Gasteiger partial charge in [0.1, 0.15) is 0 Å². The zero-order chi connectivity index (χ0) is 15.6. The summed E-state index contributed by atoms with van der Waals surface area (Å²) in [7, 11) is 0. The molecule has 1 aliphatic rings. The number of likely N-dealkylation sites (N-methyl/N-ethyl adjacent to an activating group) is 1. The normalized spacial score (nSPS) is 19.5. The molecule has 1 aromatic carbocycles. The van der Waals surface area contributed by atoms with Gasteiger partial charge >= 0.3 is 6.18 Å². The Kier molecular flexibility index (Phi) is 4.66. The number of benzene rings is 1. The zero-order valence-electron chi connectivity index (χ0n) is 12.5. The molecule has 1 aromatic rings. The Bertz CT molecular complexity index is 484. The van der Waals surface area contributed by atoms with Crippen LogP contribution in [0.3, 0.4) is 0 Å². The van der Waals surface area contributed by atoms with Crippen LogP contribution in [0.5, 0.6) is 0 Å². The molecule has 0 bridgehead atoms. The highest BCUT2D eigenvalue weighted by Gasteiger charge is 2.37. The van der Waals surface area contributed by atoms with Gasteiger partial charge in [0.15, 0.2) is 0 Å². The molecule has 0 radical (unpaired) electrons. The molecule has 1 unspecified atom stereocenters. The number of nitrogens with two attached hydrogens (primary N) is 1.